The number of allylic oxidation sites excluding steroid dienone is 2. The second-order valence-electron chi connectivity index (χ2n) is 5.72. The van der Waals surface area contributed by atoms with Gasteiger partial charge >= 0.3 is 0 Å². The molecule has 20 heavy (non-hydrogen) atoms. The van der Waals surface area contributed by atoms with E-state index in [2.05, 4.69) is 60.7 Å². The van der Waals surface area contributed by atoms with Crippen molar-refractivity contribution >= 4 is 33.7 Å². The van der Waals surface area contributed by atoms with Crippen LogP contribution >= 0.6 is 0 Å². The Bertz CT molecular complexity index is 939. The van der Waals surface area contributed by atoms with E-state index in [4.69, 9.17) is 0 Å². The summed E-state index contributed by atoms with van der Waals surface area (Å²) < 4.78 is 0. The van der Waals surface area contributed by atoms with Crippen LogP contribution in [0.5, 0.6) is 0 Å². The van der Waals surface area contributed by atoms with Gasteiger partial charge in [-0.15, -0.1) is 0 Å². The number of aryl methyl sites for hydroxylation is 2. The Hall–Kier alpha value is -2.34. The number of hydrogen-bond donors (Lipinski definition) is 0. The maximum Gasteiger partial charge on any atom is -0.00269 e. The fraction of sp³-hybridized carbons (Fsp3) is 0.100. The van der Waals surface area contributed by atoms with Crippen molar-refractivity contribution in [2.45, 2.75) is 12.8 Å². The van der Waals surface area contributed by atoms with Gasteiger partial charge in [-0.2, -0.15) is 0 Å². The van der Waals surface area contributed by atoms with Crippen molar-refractivity contribution in [2.24, 2.45) is 0 Å². The van der Waals surface area contributed by atoms with Gasteiger partial charge in [0.2, 0.25) is 0 Å². The average Bonchev–Trinajstić information content (AvgIpc) is 2.81. The summed E-state index contributed by atoms with van der Waals surface area (Å²) in [5, 5.41) is 5.82. The summed E-state index contributed by atoms with van der Waals surface area (Å²) in [4.78, 5) is 0. The molecule has 0 N–H and O–H groups in total. The minimum Gasteiger partial charge on any atom is -0.0616 e. The van der Waals surface area contributed by atoms with E-state index in [1.54, 1.807) is 5.56 Å². The lowest BCUT2D eigenvalue weighted by Gasteiger charge is -2.13. The maximum absolute atomic E-state index is 2.32. The van der Waals surface area contributed by atoms with Crippen LogP contribution in [0.1, 0.15) is 22.3 Å². The Labute approximate surface area is 118 Å². The molecule has 2 aliphatic rings. The number of rotatable bonds is 0. The summed E-state index contributed by atoms with van der Waals surface area (Å²) in [5.74, 6) is 0. The Balaban J connectivity index is 2.18. The van der Waals surface area contributed by atoms with E-state index < -0.39 is 0 Å². The van der Waals surface area contributed by atoms with Crippen molar-refractivity contribution in [2.75, 3.05) is 0 Å². The Morgan fingerprint density at radius 2 is 1.55 bits per heavy atom. The van der Waals surface area contributed by atoms with Crippen LogP contribution in [-0.4, -0.2) is 0 Å². The SMILES string of the molecule is C1=Cc2ccc3c4c(c5ccccc5c(c24)C=C1)CC3. The van der Waals surface area contributed by atoms with Gasteiger partial charge < -0.3 is 0 Å². The van der Waals surface area contributed by atoms with Crippen LogP contribution in [0.25, 0.3) is 33.7 Å². The molecule has 0 amide bonds. The summed E-state index contributed by atoms with van der Waals surface area (Å²) in [6.45, 7) is 0. The lowest BCUT2D eigenvalue weighted by Crippen LogP contribution is -1.90. The monoisotopic (exact) mass is 254 g/mol. The molecule has 0 unspecified atom stereocenters. The predicted molar refractivity (Wildman–Crippen MR) is 86.9 cm³/mol. The van der Waals surface area contributed by atoms with Crippen molar-refractivity contribution in [1.82, 2.24) is 0 Å². The zero-order valence-corrected chi connectivity index (χ0v) is 11.2. The van der Waals surface area contributed by atoms with Crippen LogP contribution in [0.4, 0.5) is 0 Å². The van der Waals surface area contributed by atoms with Gasteiger partial charge in [-0.3, -0.25) is 0 Å². The average molecular weight is 254 g/mol. The van der Waals surface area contributed by atoms with Crippen LogP contribution in [-0.2, 0) is 12.8 Å². The van der Waals surface area contributed by atoms with Crippen molar-refractivity contribution in [3.63, 3.8) is 0 Å². The first-order chi connectivity index (χ1) is 9.93. The van der Waals surface area contributed by atoms with Crippen LogP contribution in [0.2, 0.25) is 0 Å². The van der Waals surface area contributed by atoms with E-state index in [1.807, 2.05) is 0 Å². The maximum atomic E-state index is 2.32. The molecule has 5 rings (SSSR count). The molecule has 2 aliphatic carbocycles. The first-order valence-electron chi connectivity index (χ1n) is 7.27. The fourth-order valence-electron chi connectivity index (χ4n) is 3.90. The van der Waals surface area contributed by atoms with Crippen LogP contribution in [0.15, 0.2) is 48.6 Å². The highest BCUT2D eigenvalue weighted by Gasteiger charge is 2.21. The molecule has 0 fully saturated rings. The summed E-state index contributed by atoms with van der Waals surface area (Å²) in [6.07, 6.45) is 11.2. The molecule has 0 aromatic heterocycles. The molecule has 0 heteroatoms. The molecule has 0 bridgehead atoms. The van der Waals surface area contributed by atoms with E-state index >= 15 is 0 Å². The van der Waals surface area contributed by atoms with E-state index in [0.29, 0.717) is 0 Å². The lowest BCUT2D eigenvalue weighted by molar-refractivity contribution is 1.03. The van der Waals surface area contributed by atoms with E-state index in [0.717, 1.165) is 0 Å². The minimum absolute atomic E-state index is 1.18. The molecule has 0 spiro atoms. The molecule has 0 atom stereocenters. The molecule has 0 saturated carbocycles. The highest BCUT2D eigenvalue weighted by Crippen LogP contribution is 2.42. The van der Waals surface area contributed by atoms with Crippen molar-refractivity contribution in [3.8, 4) is 0 Å². The standard InChI is InChI=1S/C20H14/c1-2-8-17-15-6-3-4-7-16(15)18-12-11-14-10-9-13(5-1)19(17)20(14)18/h1-10H,11-12H2. The summed E-state index contributed by atoms with van der Waals surface area (Å²) in [6, 6.07) is 13.5. The van der Waals surface area contributed by atoms with Gasteiger partial charge in [0.25, 0.3) is 0 Å². The van der Waals surface area contributed by atoms with Crippen molar-refractivity contribution in [3.05, 3.63) is 70.8 Å². The molecule has 0 radical (unpaired) electrons. The van der Waals surface area contributed by atoms with Crippen molar-refractivity contribution < 1.29 is 0 Å². The molecule has 0 nitrogen and oxygen atoms in total. The van der Waals surface area contributed by atoms with Gasteiger partial charge in [-0.25, -0.2) is 0 Å². The molecule has 3 aromatic carbocycles. The van der Waals surface area contributed by atoms with Gasteiger partial charge in [0.1, 0.15) is 0 Å². The molecular weight excluding hydrogens is 240 g/mol. The second-order valence-corrected chi connectivity index (χ2v) is 5.72. The lowest BCUT2D eigenvalue weighted by atomic mass is 9.90. The molecular formula is C20H14. The largest absolute Gasteiger partial charge is 0.0616 e. The van der Waals surface area contributed by atoms with Crippen LogP contribution in [0, 0.1) is 0 Å². The summed E-state index contributed by atoms with van der Waals surface area (Å²) in [5.41, 5.74) is 5.83. The van der Waals surface area contributed by atoms with E-state index in [1.165, 1.54) is 51.1 Å². The molecule has 3 aromatic rings. The molecule has 94 valence electrons. The number of fused-ring (bicyclic) bond motifs is 3. The quantitative estimate of drug-likeness (QED) is 0.488. The first-order valence-corrected chi connectivity index (χ1v) is 7.27. The summed E-state index contributed by atoms with van der Waals surface area (Å²) in [7, 11) is 0. The molecule has 0 heterocycles. The van der Waals surface area contributed by atoms with Gasteiger partial charge in [0, 0.05) is 0 Å². The third-order valence-electron chi connectivity index (χ3n) is 4.73. The normalized spacial score (nSPS) is 15.2. The van der Waals surface area contributed by atoms with E-state index in [9.17, 15) is 0 Å². The first kappa shape index (κ1) is 10.4. The zero-order chi connectivity index (χ0) is 13.1. The fourth-order valence-corrected chi connectivity index (χ4v) is 3.90. The minimum atomic E-state index is 1.18. The third-order valence-corrected chi connectivity index (χ3v) is 4.73. The van der Waals surface area contributed by atoms with Crippen LogP contribution < -0.4 is 0 Å². The molecule has 0 aliphatic heterocycles. The highest BCUT2D eigenvalue weighted by molar-refractivity contribution is 6.14. The highest BCUT2D eigenvalue weighted by atomic mass is 14.2. The predicted octanol–water partition coefficient (Wildman–Crippen LogP) is 5.13. The Morgan fingerprint density at radius 3 is 2.50 bits per heavy atom. The van der Waals surface area contributed by atoms with E-state index in [-0.39, 0.29) is 0 Å². The third kappa shape index (κ3) is 1.17. The summed E-state index contributed by atoms with van der Waals surface area (Å²) >= 11 is 0. The van der Waals surface area contributed by atoms with Gasteiger partial charge in [0.05, 0.1) is 0 Å². The Morgan fingerprint density at radius 1 is 0.700 bits per heavy atom. The van der Waals surface area contributed by atoms with Crippen molar-refractivity contribution in [1.29, 1.82) is 0 Å². The van der Waals surface area contributed by atoms with Crippen LogP contribution in [0.3, 0.4) is 0 Å². The second kappa shape index (κ2) is 3.61. The van der Waals surface area contributed by atoms with Gasteiger partial charge in [-0.1, -0.05) is 60.7 Å². The Kier molecular flexibility index (Phi) is 1.88. The van der Waals surface area contributed by atoms with Gasteiger partial charge in [-0.05, 0) is 56.6 Å². The smallest absolute Gasteiger partial charge is 0.00269 e. The zero-order valence-electron chi connectivity index (χ0n) is 11.2. The molecule has 0 saturated heterocycles. The van der Waals surface area contributed by atoms with Gasteiger partial charge in [0.15, 0.2) is 0 Å². The number of hydrogen-bond acceptors (Lipinski definition) is 0. The number of benzene rings is 3. The topological polar surface area (TPSA) is 0 Å².